The van der Waals surface area contributed by atoms with Gasteiger partial charge in [-0.2, -0.15) is 0 Å². The van der Waals surface area contributed by atoms with E-state index in [4.69, 9.17) is 0 Å². The maximum atomic E-state index is 13.9. The monoisotopic (exact) mass is 366 g/mol. The van der Waals surface area contributed by atoms with Gasteiger partial charge in [0.2, 0.25) is 0 Å². The van der Waals surface area contributed by atoms with Crippen molar-refractivity contribution in [3.05, 3.63) is 60.4 Å². The fourth-order valence-corrected chi connectivity index (χ4v) is 4.95. The number of pyridine rings is 1. The van der Waals surface area contributed by atoms with Crippen LogP contribution in [0.3, 0.4) is 0 Å². The van der Waals surface area contributed by atoms with Crippen LogP contribution >= 0.6 is 0 Å². The lowest BCUT2D eigenvalue weighted by Crippen LogP contribution is -2.36. The molecule has 1 saturated heterocycles. The summed E-state index contributed by atoms with van der Waals surface area (Å²) in [6.07, 6.45) is 6.13. The second-order valence-electron chi connectivity index (χ2n) is 7.93. The Morgan fingerprint density at radius 3 is 2.78 bits per heavy atom. The highest BCUT2D eigenvalue weighted by Crippen LogP contribution is 2.42. The summed E-state index contributed by atoms with van der Waals surface area (Å²) >= 11 is 0. The largest absolute Gasteiger partial charge is 0.391 e. The van der Waals surface area contributed by atoms with E-state index in [0.717, 1.165) is 37.0 Å². The van der Waals surface area contributed by atoms with E-state index >= 15 is 0 Å². The fourth-order valence-electron chi connectivity index (χ4n) is 4.95. The molecule has 0 amide bonds. The summed E-state index contributed by atoms with van der Waals surface area (Å²) in [5.41, 5.74) is 2.74. The van der Waals surface area contributed by atoms with Crippen molar-refractivity contribution in [3.8, 4) is 0 Å². The topological polar surface area (TPSA) is 54.2 Å². The maximum Gasteiger partial charge on any atom is 0.145 e. The number of likely N-dealkylation sites (tertiary alicyclic amines) is 1. The van der Waals surface area contributed by atoms with Crippen LogP contribution < -0.4 is 0 Å². The Bertz CT molecular complexity index is 958. The summed E-state index contributed by atoms with van der Waals surface area (Å²) in [6, 6.07) is 9.88. The van der Waals surface area contributed by atoms with Gasteiger partial charge in [0.1, 0.15) is 5.82 Å². The van der Waals surface area contributed by atoms with Gasteiger partial charge in [-0.3, -0.25) is 9.88 Å². The highest BCUT2D eigenvalue weighted by molar-refractivity contribution is 5.75. The lowest BCUT2D eigenvalue weighted by molar-refractivity contribution is 0.0374. The molecule has 1 saturated carbocycles. The molecule has 0 unspecified atom stereocenters. The summed E-state index contributed by atoms with van der Waals surface area (Å²) in [5.74, 6) is 0.746. The molecule has 3 aromatic rings. The predicted molar refractivity (Wildman–Crippen MR) is 100 cm³/mol. The standard InChI is InChI=1S/C21H23FN4O/c22-17-9-23-6-5-14(17)10-25-11-15-7-20(21(27)8-16(15)12-25)26-13-24-18-3-1-2-4-19(18)26/h1-6,9,13,15-16,20-21,27H,7-8,10-12H2/t15-,16+,20-,21-/m1/s1. The van der Waals surface area contributed by atoms with Crippen molar-refractivity contribution in [2.45, 2.75) is 31.5 Å². The lowest BCUT2D eigenvalue weighted by Gasteiger charge is -2.36. The molecule has 1 N–H and O–H groups in total. The highest BCUT2D eigenvalue weighted by atomic mass is 19.1. The van der Waals surface area contributed by atoms with Gasteiger partial charge in [-0.15, -0.1) is 0 Å². The number of aliphatic hydroxyl groups excluding tert-OH is 1. The van der Waals surface area contributed by atoms with Crippen molar-refractivity contribution in [2.24, 2.45) is 11.8 Å². The van der Waals surface area contributed by atoms with E-state index < -0.39 is 0 Å². The molecule has 1 aromatic carbocycles. The SMILES string of the molecule is O[C@@H]1C[C@H]2CN(Cc3ccncc3F)C[C@H]2C[C@H]1n1cnc2ccccc21. The summed E-state index contributed by atoms with van der Waals surface area (Å²) < 4.78 is 16.1. The van der Waals surface area contributed by atoms with Crippen LogP contribution in [0.2, 0.25) is 0 Å². The second kappa shape index (κ2) is 6.69. The van der Waals surface area contributed by atoms with Crippen molar-refractivity contribution >= 4 is 11.0 Å². The van der Waals surface area contributed by atoms with Crippen LogP contribution in [-0.2, 0) is 6.54 Å². The van der Waals surface area contributed by atoms with E-state index in [1.165, 1.54) is 6.20 Å². The minimum atomic E-state index is -0.374. The van der Waals surface area contributed by atoms with Crippen LogP contribution in [0.5, 0.6) is 0 Å². The van der Waals surface area contributed by atoms with E-state index in [1.807, 2.05) is 24.5 Å². The average Bonchev–Trinajstić information content (AvgIpc) is 3.26. The van der Waals surface area contributed by atoms with Crippen LogP contribution in [-0.4, -0.2) is 43.7 Å². The molecule has 140 valence electrons. The molecule has 3 heterocycles. The first-order valence-corrected chi connectivity index (χ1v) is 9.59. The molecule has 5 rings (SSSR count). The molecular formula is C21H23FN4O. The van der Waals surface area contributed by atoms with E-state index in [1.54, 1.807) is 12.3 Å². The zero-order chi connectivity index (χ0) is 18.4. The zero-order valence-corrected chi connectivity index (χ0v) is 15.1. The van der Waals surface area contributed by atoms with E-state index in [2.05, 4.69) is 25.5 Å². The minimum Gasteiger partial charge on any atom is -0.391 e. The number of hydrogen-bond donors (Lipinski definition) is 1. The van der Waals surface area contributed by atoms with Crippen LogP contribution in [0.15, 0.2) is 49.1 Å². The van der Waals surface area contributed by atoms with Gasteiger partial charge in [0.25, 0.3) is 0 Å². The van der Waals surface area contributed by atoms with Crippen molar-refractivity contribution in [3.63, 3.8) is 0 Å². The summed E-state index contributed by atoms with van der Waals surface area (Å²) in [6.45, 7) is 2.47. The van der Waals surface area contributed by atoms with E-state index in [0.29, 0.717) is 23.9 Å². The first-order chi connectivity index (χ1) is 13.2. The van der Waals surface area contributed by atoms with Gasteiger partial charge >= 0.3 is 0 Å². The molecule has 5 nitrogen and oxygen atoms in total. The molecule has 0 radical (unpaired) electrons. The molecule has 2 aliphatic rings. The van der Waals surface area contributed by atoms with Gasteiger partial charge in [0.15, 0.2) is 0 Å². The summed E-state index contributed by atoms with van der Waals surface area (Å²) in [4.78, 5) is 10.6. The Hall–Kier alpha value is -2.31. The molecular weight excluding hydrogens is 343 g/mol. The number of benzene rings is 1. The van der Waals surface area contributed by atoms with Crippen molar-refractivity contribution < 1.29 is 9.50 Å². The van der Waals surface area contributed by atoms with E-state index in [-0.39, 0.29) is 18.0 Å². The van der Waals surface area contributed by atoms with E-state index in [9.17, 15) is 9.50 Å². The van der Waals surface area contributed by atoms with Crippen molar-refractivity contribution in [2.75, 3.05) is 13.1 Å². The molecule has 0 spiro atoms. The van der Waals surface area contributed by atoms with Gasteiger partial charge in [0, 0.05) is 31.4 Å². The quantitative estimate of drug-likeness (QED) is 0.774. The lowest BCUT2D eigenvalue weighted by atomic mass is 9.77. The number of para-hydroxylation sites is 2. The molecule has 6 heteroatoms. The Kier molecular flexibility index (Phi) is 4.17. The van der Waals surface area contributed by atoms with Gasteiger partial charge < -0.3 is 9.67 Å². The number of aromatic nitrogens is 3. The molecule has 0 bridgehead atoms. The van der Waals surface area contributed by atoms with Gasteiger partial charge in [0.05, 0.1) is 35.7 Å². The van der Waals surface area contributed by atoms with Gasteiger partial charge in [-0.05, 0) is 42.9 Å². The molecule has 1 aliphatic heterocycles. The maximum absolute atomic E-state index is 13.9. The molecule has 2 aromatic heterocycles. The zero-order valence-electron chi connectivity index (χ0n) is 15.1. The van der Waals surface area contributed by atoms with Crippen molar-refractivity contribution in [1.29, 1.82) is 0 Å². The number of imidazole rings is 1. The number of aliphatic hydroxyl groups is 1. The number of halogens is 1. The highest BCUT2D eigenvalue weighted by Gasteiger charge is 2.42. The first-order valence-electron chi connectivity index (χ1n) is 9.59. The number of nitrogens with zero attached hydrogens (tertiary/aromatic N) is 4. The van der Waals surface area contributed by atoms with Crippen LogP contribution in [0.25, 0.3) is 11.0 Å². The Labute approximate surface area is 157 Å². The number of hydrogen-bond acceptors (Lipinski definition) is 4. The molecule has 1 aliphatic carbocycles. The number of fused-ring (bicyclic) bond motifs is 2. The normalized spacial score (nSPS) is 28.5. The summed E-state index contributed by atoms with van der Waals surface area (Å²) in [7, 11) is 0. The third-order valence-corrected chi connectivity index (χ3v) is 6.27. The first kappa shape index (κ1) is 16.8. The Morgan fingerprint density at radius 1 is 1.11 bits per heavy atom. The fraction of sp³-hybridized carbons (Fsp3) is 0.429. The van der Waals surface area contributed by atoms with Crippen molar-refractivity contribution in [1.82, 2.24) is 19.4 Å². The van der Waals surface area contributed by atoms with Gasteiger partial charge in [-0.25, -0.2) is 9.37 Å². The molecule has 4 atom stereocenters. The molecule has 2 fully saturated rings. The van der Waals surface area contributed by atoms with Crippen LogP contribution in [0, 0.1) is 17.7 Å². The number of rotatable bonds is 3. The Balaban J connectivity index is 1.34. The Morgan fingerprint density at radius 2 is 1.93 bits per heavy atom. The van der Waals surface area contributed by atoms with Crippen LogP contribution in [0.4, 0.5) is 4.39 Å². The smallest absolute Gasteiger partial charge is 0.145 e. The minimum absolute atomic E-state index is 0.0521. The predicted octanol–water partition coefficient (Wildman–Crippen LogP) is 3.01. The van der Waals surface area contributed by atoms with Crippen LogP contribution in [0.1, 0.15) is 24.4 Å². The second-order valence-corrected chi connectivity index (χ2v) is 7.93. The third-order valence-electron chi connectivity index (χ3n) is 6.27. The molecule has 27 heavy (non-hydrogen) atoms. The summed E-state index contributed by atoms with van der Waals surface area (Å²) in [5, 5.41) is 10.8. The third kappa shape index (κ3) is 3.03. The van der Waals surface area contributed by atoms with Gasteiger partial charge in [-0.1, -0.05) is 12.1 Å². The average molecular weight is 366 g/mol.